The van der Waals surface area contributed by atoms with Crippen molar-refractivity contribution in [3.8, 4) is 17.1 Å². The molecule has 1 fully saturated rings. The highest BCUT2D eigenvalue weighted by molar-refractivity contribution is 6.30. The van der Waals surface area contributed by atoms with Gasteiger partial charge in [-0.3, -0.25) is 4.68 Å². The first-order chi connectivity index (χ1) is 16.2. The molecular formula is C22H23ClN8O2. The zero-order valence-electron chi connectivity index (χ0n) is 17.9. The third kappa shape index (κ3) is 4.11. The summed E-state index contributed by atoms with van der Waals surface area (Å²) in [4.78, 5) is 9.14. The van der Waals surface area contributed by atoms with Crippen molar-refractivity contribution in [3.63, 3.8) is 0 Å². The van der Waals surface area contributed by atoms with Gasteiger partial charge >= 0.3 is 0 Å². The van der Waals surface area contributed by atoms with Gasteiger partial charge in [-0.05, 0) is 31.4 Å². The third-order valence-electron chi connectivity index (χ3n) is 6.09. The predicted octanol–water partition coefficient (Wildman–Crippen LogP) is 3.19. The van der Waals surface area contributed by atoms with E-state index < -0.39 is 0 Å². The summed E-state index contributed by atoms with van der Waals surface area (Å²) < 4.78 is 15.4. The van der Waals surface area contributed by atoms with Crippen molar-refractivity contribution < 1.29 is 9.47 Å². The summed E-state index contributed by atoms with van der Waals surface area (Å²) in [5.41, 5.74) is 2.44. The molecule has 10 nitrogen and oxygen atoms in total. The molecule has 6 rings (SSSR count). The van der Waals surface area contributed by atoms with Crippen LogP contribution >= 0.6 is 11.6 Å². The van der Waals surface area contributed by atoms with Gasteiger partial charge in [-0.2, -0.15) is 5.10 Å². The van der Waals surface area contributed by atoms with Crippen LogP contribution in [0.2, 0.25) is 5.02 Å². The molecule has 0 aromatic carbocycles. The Morgan fingerprint density at radius 3 is 2.88 bits per heavy atom. The van der Waals surface area contributed by atoms with E-state index in [-0.39, 0.29) is 5.92 Å². The number of nitrogens with zero attached hydrogens (tertiary/aromatic N) is 7. The summed E-state index contributed by atoms with van der Waals surface area (Å²) in [6.07, 6.45) is 7.93. The van der Waals surface area contributed by atoms with Crippen LogP contribution < -0.4 is 10.1 Å². The Kier molecular flexibility index (Phi) is 5.31. The average molecular weight is 467 g/mol. The number of pyridine rings is 1. The molecular weight excluding hydrogens is 444 g/mol. The van der Waals surface area contributed by atoms with Crippen molar-refractivity contribution in [1.82, 2.24) is 34.3 Å². The number of hydrogen-bond acceptors (Lipinski definition) is 8. The van der Waals surface area contributed by atoms with Gasteiger partial charge in [-0.15, -0.1) is 10.2 Å². The Labute approximate surface area is 194 Å². The molecule has 0 aliphatic carbocycles. The van der Waals surface area contributed by atoms with Crippen LogP contribution in [-0.4, -0.2) is 60.2 Å². The number of aromatic nitrogens is 7. The molecule has 1 atom stereocenters. The molecule has 0 radical (unpaired) electrons. The lowest BCUT2D eigenvalue weighted by Crippen LogP contribution is -2.28. The average Bonchev–Trinajstić information content (AvgIpc) is 3.40. The molecule has 170 valence electrons. The maximum absolute atomic E-state index is 6.12. The van der Waals surface area contributed by atoms with E-state index >= 15 is 0 Å². The van der Waals surface area contributed by atoms with E-state index in [2.05, 4.69) is 25.6 Å². The fourth-order valence-corrected chi connectivity index (χ4v) is 4.57. The van der Waals surface area contributed by atoms with Gasteiger partial charge in [0, 0.05) is 49.2 Å². The fraction of sp³-hybridized carbons (Fsp3) is 0.409. The number of halogens is 1. The summed E-state index contributed by atoms with van der Waals surface area (Å²) in [5.74, 6) is 2.30. The molecule has 0 bridgehead atoms. The van der Waals surface area contributed by atoms with Gasteiger partial charge in [0.2, 0.25) is 11.8 Å². The van der Waals surface area contributed by atoms with E-state index in [1.54, 1.807) is 12.4 Å². The zero-order valence-corrected chi connectivity index (χ0v) is 18.6. The van der Waals surface area contributed by atoms with Gasteiger partial charge in [0.25, 0.3) is 0 Å². The maximum Gasteiger partial charge on any atom is 0.223 e. The van der Waals surface area contributed by atoms with E-state index in [1.807, 2.05) is 33.5 Å². The molecule has 1 saturated heterocycles. The minimum Gasteiger partial charge on any atom is -0.478 e. The van der Waals surface area contributed by atoms with Crippen molar-refractivity contribution in [2.45, 2.75) is 37.8 Å². The fourth-order valence-electron chi connectivity index (χ4n) is 4.41. The summed E-state index contributed by atoms with van der Waals surface area (Å²) in [6.45, 7) is 2.75. The number of anilines is 1. The van der Waals surface area contributed by atoms with Gasteiger partial charge < -0.3 is 14.8 Å². The Morgan fingerprint density at radius 2 is 2.03 bits per heavy atom. The molecule has 4 aromatic rings. The maximum atomic E-state index is 6.12. The largest absolute Gasteiger partial charge is 0.478 e. The van der Waals surface area contributed by atoms with E-state index in [0.717, 1.165) is 55.2 Å². The Balaban J connectivity index is 1.31. The Morgan fingerprint density at radius 1 is 1.12 bits per heavy atom. The second-order valence-corrected chi connectivity index (χ2v) is 8.78. The zero-order chi connectivity index (χ0) is 22.2. The highest BCUT2D eigenvalue weighted by atomic mass is 35.5. The lowest BCUT2D eigenvalue weighted by atomic mass is 10.1. The molecule has 0 unspecified atom stereocenters. The first-order valence-electron chi connectivity index (χ1n) is 11.1. The molecule has 0 amide bonds. The lowest BCUT2D eigenvalue weighted by molar-refractivity contribution is 0.0903. The van der Waals surface area contributed by atoms with Crippen LogP contribution in [0.25, 0.3) is 16.9 Å². The van der Waals surface area contributed by atoms with Crippen LogP contribution in [0.4, 0.5) is 5.95 Å². The first kappa shape index (κ1) is 20.4. The molecule has 4 aromatic heterocycles. The lowest BCUT2D eigenvalue weighted by Gasteiger charge is -2.23. The monoisotopic (exact) mass is 466 g/mol. The minimum atomic E-state index is 0.109. The van der Waals surface area contributed by atoms with Crippen LogP contribution in [-0.2, 0) is 11.3 Å². The molecule has 2 aliphatic heterocycles. The van der Waals surface area contributed by atoms with Gasteiger partial charge in [-0.25, -0.2) is 14.4 Å². The molecule has 0 spiro atoms. The standard InChI is InChI=1S/C22H23ClN8O2/c23-16-11-25-30(13-16)12-14-2-8-33-20-10-15(9-19-28-29-21(14)31(19)20)18-1-5-24-22(27-18)26-17-3-6-32-7-4-17/h1,5,9-11,13-14,17H,2-4,6-8,12H2,(H,24,26,27)/t14-/m0/s1. The molecule has 11 heteroatoms. The summed E-state index contributed by atoms with van der Waals surface area (Å²) >= 11 is 6.03. The van der Waals surface area contributed by atoms with Crippen LogP contribution in [0.5, 0.6) is 5.88 Å². The number of ether oxygens (including phenoxy) is 2. The second-order valence-electron chi connectivity index (χ2n) is 8.35. The molecule has 33 heavy (non-hydrogen) atoms. The van der Waals surface area contributed by atoms with Crippen LogP contribution in [0.3, 0.4) is 0 Å². The SMILES string of the molecule is Clc1cnn(C[C@@H]2CCOc3cc(-c4ccnc(NC5CCOCC5)n4)cc4nnc2n34)c1. The van der Waals surface area contributed by atoms with Gasteiger partial charge in [-0.1, -0.05) is 11.6 Å². The van der Waals surface area contributed by atoms with Crippen molar-refractivity contribution >= 4 is 23.2 Å². The van der Waals surface area contributed by atoms with E-state index in [0.29, 0.717) is 36.0 Å². The summed E-state index contributed by atoms with van der Waals surface area (Å²) in [7, 11) is 0. The molecule has 1 N–H and O–H groups in total. The van der Waals surface area contributed by atoms with Crippen molar-refractivity contribution in [2.24, 2.45) is 0 Å². The third-order valence-corrected chi connectivity index (χ3v) is 6.29. The Hall–Kier alpha value is -3.24. The van der Waals surface area contributed by atoms with Crippen LogP contribution in [0.1, 0.15) is 31.0 Å². The highest BCUT2D eigenvalue weighted by Crippen LogP contribution is 2.32. The summed E-state index contributed by atoms with van der Waals surface area (Å²) in [6, 6.07) is 6.20. The van der Waals surface area contributed by atoms with Gasteiger partial charge in [0.05, 0.1) is 30.1 Å². The topological polar surface area (TPSA) is 104 Å². The number of nitrogens with one attached hydrogen (secondary N) is 1. The van der Waals surface area contributed by atoms with Gasteiger partial charge in [0.15, 0.2) is 5.65 Å². The number of hydrogen-bond donors (Lipinski definition) is 1. The molecule has 6 heterocycles. The normalized spacial score (nSPS) is 18.8. The Bertz CT molecular complexity index is 1280. The molecule has 2 aliphatic rings. The smallest absolute Gasteiger partial charge is 0.223 e. The van der Waals surface area contributed by atoms with Crippen LogP contribution in [0, 0.1) is 0 Å². The van der Waals surface area contributed by atoms with E-state index in [9.17, 15) is 0 Å². The number of rotatable bonds is 5. The van der Waals surface area contributed by atoms with Crippen molar-refractivity contribution in [2.75, 3.05) is 25.1 Å². The second kappa shape index (κ2) is 8.60. The van der Waals surface area contributed by atoms with E-state index in [4.69, 9.17) is 26.1 Å². The predicted molar refractivity (Wildman–Crippen MR) is 122 cm³/mol. The minimum absolute atomic E-state index is 0.109. The van der Waals surface area contributed by atoms with Crippen molar-refractivity contribution in [3.05, 3.63) is 47.6 Å². The molecule has 0 saturated carbocycles. The van der Waals surface area contributed by atoms with E-state index in [1.165, 1.54) is 0 Å². The van der Waals surface area contributed by atoms with Gasteiger partial charge in [0.1, 0.15) is 5.82 Å². The van der Waals surface area contributed by atoms with Crippen molar-refractivity contribution in [1.29, 1.82) is 0 Å². The summed E-state index contributed by atoms with van der Waals surface area (Å²) in [5, 5.41) is 17.3. The quantitative estimate of drug-likeness (QED) is 0.478. The van der Waals surface area contributed by atoms with Crippen LogP contribution in [0.15, 0.2) is 36.8 Å². The first-order valence-corrected chi connectivity index (χ1v) is 11.5. The highest BCUT2D eigenvalue weighted by Gasteiger charge is 2.25.